The van der Waals surface area contributed by atoms with E-state index in [2.05, 4.69) is 117 Å². The molecule has 2 aliphatic carbocycles. The van der Waals surface area contributed by atoms with Gasteiger partial charge in [0.05, 0.1) is 5.92 Å². The van der Waals surface area contributed by atoms with Crippen molar-refractivity contribution >= 4 is 23.1 Å². The second-order valence-corrected chi connectivity index (χ2v) is 16.1. The van der Waals surface area contributed by atoms with Gasteiger partial charge in [0.1, 0.15) is 0 Å². The summed E-state index contributed by atoms with van der Waals surface area (Å²) in [7, 11) is 0. The van der Waals surface area contributed by atoms with Crippen LogP contribution in [-0.4, -0.2) is 6.71 Å². The molecule has 4 aromatic rings. The summed E-state index contributed by atoms with van der Waals surface area (Å²) in [6, 6.07) is 22.5. The lowest BCUT2D eigenvalue weighted by Crippen LogP contribution is -2.71. The lowest BCUT2D eigenvalue weighted by atomic mass is 9.23. The molecule has 0 saturated heterocycles. The van der Waals surface area contributed by atoms with Crippen LogP contribution >= 0.6 is 0 Å². The highest BCUT2D eigenvalue weighted by molar-refractivity contribution is 6.98. The fraction of sp³-hybridized carbons (Fsp3) is 0.390. The first kappa shape index (κ1) is 25.4. The summed E-state index contributed by atoms with van der Waals surface area (Å²) in [6.45, 7) is 22.6. The molecule has 0 N–H and O–H groups in total. The molecule has 0 bridgehead atoms. The zero-order chi connectivity index (χ0) is 29.3. The molecule has 0 amide bonds. The van der Waals surface area contributed by atoms with Crippen molar-refractivity contribution in [2.24, 2.45) is 0 Å². The van der Waals surface area contributed by atoms with E-state index in [4.69, 9.17) is 0 Å². The van der Waals surface area contributed by atoms with Crippen molar-refractivity contribution in [3.8, 4) is 0 Å². The topological polar surface area (TPSA) is 0 Å². The second kappa shape index (κ2) is 7.35. The van der Waals surface area contributed by atoms with Crippen molar-refractivity contribution < 1.29 is 0 Å². The van der Waals surface area contributed by atoms with E-state index in [1.807, 2.05) is 0 Å². The van der Waals surface area contributed by atoms with Crippen molar-refractivity contribution in [1.29, 1.82) is 0 Å². The Kier molecular flexibility index (Phi) is 4.45. The Labute approximate surface area is 253 Å². The Bertz CT molecular complexity index is 1800. The largest absolute Gasteiger partial charge is 0.243 e. The molecule has 9 rings (SSSR count). The van der Waals surface area contributed by atoms with Crippen LogP contribution in [0.3, 0.4) is 0 Å². The van der Waals surface area contributed by atoms with Gasteiger partial charge in [-0.2, -0.15) is 0 Å². The maximum Gasteiger partial charge on any atom is 0.243 e. The summed E-state index contributed by atoms with van der Waals surface area (Å²) in [6.07, 6.45) is 3.65. The molecule has 42 heavy (non-hydrogen) atoms. The summed E-state index contributed by atoms with van der Waals surface area (Å²) in [4.78, 5) is 0. The third kappa shape index (κ3) is 2.55. The highest BCUT2D eigenvalue weighted by Gasteiger charge is 2.58. The maximum atomic E-state index is 2.62. The zero-order valence-corrected chi connectivity index (χ0v) is 26.9. The van der Waals surface area contributed by atoms with E-state index in [-0.39, 0.29) is 21.7 Å². The molecule has 5 aliphatic rings. The lowest BCUT2D eigenvalue weighted by molar-refractivity contribution is 0.570. The van der Waals surface area contributed by atoms with Crippen LogP contribution in [-0.2, 0) is 28.1 Å². The van der Waals surface area contributed by atoms with Crippen LogP contribution in [0.15, 0.2) is 54.6 Å². The predicted octanol–water partition coefficient (Wildman–Crippen LogP) is 7.44. The molecule has 1 heteroatoms. The van der Waals surface area contributed by atoms with Crippen LogP contribution in [0.5, 0.6) is 0 Å². The molecule has 0 unspecified atom stereocenters. The smallest absolute Gasteiger partial charge is 0.0654 e. The first-order valence-electron chi connectivity index (χ1n) is 16.4. The first-order chi connectivity index (χ1) is 19.8. The van der Waals surface area contributed by atoms with Gasteiger partial charge in [-0.25, -0.2) is 0 Å². The molecule has 0 spiro atoms. The molecule has 0 nitrogen and oxygen atoms in total. The molecule has 0 atom stereocenters. The minimum Gasteiger partial charge on any atom is -0.0654 e. The Balaban J connectivity index is 1.50. The third-order valence-corrected chi connectivity index (χ3v) is 12.6. The van der Waals surface area contributed by atoms with Gasteiger partial charge in [0, 0.05) is 21.7 Å². The van der Waals surface area contributed by atoms with Crippen molar-refractivity contribution in [3.05, 3.63) is 127 Å². The van der Waals surface area contributed by atoms with Crippen LogP contribution in [0.4, 0.5) is 0 Å². The van der Waals surface area contributed by atoms with Gasteiger partial charge in [-0.05, 0) is 79.6 Å². The van der Waals surface area contributed by atoms with Crippen LogP contribution in [0.2, 0.25) is 0 Å². The average molecular weight is 546 g/mol. The predicted molar refractivity (Wildman–Crippen MR) is 178 cm³/mol. The normalized spacial score (nSPS) is 20.9. The highest BCUT2D eigenvalue weighted by atomic mass is 14.5. The van der Waals surface area contributed by atoms with Gasteiger partial charge in [-0.15, -0.1) is 0 Å². The maximum absolute atomic E-state index is 2.62. The minimum atomic E-state index is -0.0485. The molecule has 3 aliphatic heterocycles. The van der Waals surface area contributed by atoms with Crippen molar-refractivity contribution in [2.45, 2.75) is 103 Å². The summed E-state index contributed by atoms with van der Waals surface area (Å²) in [5, 5.41) is 0. The summed E-state index contributed by atoms with van der Waals surface area (Å²) < 4.78 is 0. The molecular formula is C41H42B. The summed E-state index contributed by atoms with van der Waals surface area (Å²) in [5.74, 6) is 1.55. The van der Waals surface area contributed by atoms with Gasteiger partial charge in [0.15, 0.2) is 0 Å². The van der Waals surface area contributed by atoms with Crippen LogP contribution in [0.25, 0.3) is 0 Å². The van der Waals surface area contributed by atoms with Crippen molar-refractivity contribution in [3.63, 3.8) is 0 Å². The molecule has 209 valence electrons. The van der Waals surface area contributed by atoms with E-state index >= 15 is 0 Å². The van der Waals surface area contributed by atoms with Crippen molar-refractivity contribution in [1.82, 2.24) is 0 Å². The van der Waals surface area contributed by atoms with E-state index in [0.717, 1.165) is 0 Å². The molecule has 3 heterocycles. The number of benzene rings is 4. The van der Waals surface area contributed by atoms with E-state index in [9.17, 15) is 0 Å². The van der Waals surface area contributed by atoms with Gasteiger partial charge in [0.25, 0.3) is 0 Å². The molecule has 0 aromatic heterocycles. The lowest BCUT2D eigenvalue weighted by Gasteiger charge is -2.56. The Hall–Kier alpha value is -3.06. The van der Waals surface area contributed by atoms with Gasteiger partial charge in [-0.1, -0.05) is 140 Å². The van der Waals surface area contributed by atoms with Crippen LogP contribution in [0.1, 0.15) is 142 Å². The van der Waals surface area contributed by atoms with Gasteiger partial charge in [-0.3, -0.25) is 0 Å². The van der Waals surface area contributed by atoms with E-state index in [0.29, 0.717) is 6.71 Å². The third-order valence-electron chi connectivity index (χ3n) is 12.6. The van der Waals surface area contributed by atoms with Crippen LogP contribution in [0, 0.1) is 5.92 Å². The zero-order valence-electron chi connectivity index (χ0n) is 26.9. The standard InChI is InChI=1S/C41H42B/c1-10-11-13-22-20-29-35-30(21-22)41(8,9)28-19-17-26-33-34-31-23(14-12-15-24(31)39(26,4)5)38(2,3)25-16-18-27(40(29,6)7)36(32(25)34)42(35)37(28)33/h12,14-21H,10-11,13H2,1-9H3. The number of unbranched alkanes of at least 4 members (excludes halogenated alkanes) is 1. The summed E-state index contributed by atoms with van der Waals surface area (Å²) in [5.41, 5.74) is 23.2. The van der Waals surface area contributed by atoms with E-state index < -0.39 is 0 Å². The first-order valence-corrected chi connectivity index (χ1v) is 16.4. The van der Waals surface area contributed by atoms with Gasteiger partial charge >= 0.3 is 0 Å². The Morgan fingerprint density at radius 3 is 1.40 bits per heavy atom. The molecule has 1 radical (unpaired) electrons. The number of hydrogen-bond donors (Lipinski definition) is 0. The molecule has 0 fully saturated rings. The summed E-state index contributed by atoms with van der Waals surface area (Å²) >= 11 is 0. The fourth-order valence-corrected chi connectivity index (χ4v) is 10.3. The average Bonchev–Trinajstić information content (AvgIpc) is 2.95. The highest BCUT2D eigenvalue weighted by Crippen LogP contribution is 2.59. The van der Waals surface area contributed by atoms with Gasteiger partial charge in [0.2, 0.25) is 6.71 Å². The molecular weight excluding hydrogens is 503 g/mol. The van der Waals surface area contributed by atoms with Crippen molar-refractivity contribution in [2.75, 3.05) is 0 Å². The number of aryl methyl sites for hydroxylation is 1. The van der Waals surface area contributed by atoms with E-state index in [1.54, 1.807) is 55.7 Å². The molecule has 0 saturated carbocycles. The fourth-order valence-electron chi connectivity index (χ4n) is 10.3. The number of rotatable bonds is 3. The SMILES string of the molecule is CCCCc1cc2c3c(c1)C(C)(C)c1ccc4c5c1B3c1c(ccc3c1[C]5c1c(cccc1C4(C)C)C3(C)C)C2(C)C. The van der Waals surface area contributed by atoms with E-state index in [1.165, 1.54) is 52.6 Å². The second-order valence-electron chi connectivity index (χ2n) is 16.1. The monoisotopic (exact) mass is 545 g/mol. The Morgan fingerprint density at radius 2 is 0.929 bits per heavy atom. The number of hydrogen-bond acceptors (Lipinski definition) is 0. The quantitative estimate of drug-likeness (QED) is 0.207. The van der Waals surface area contributed by atoms with Gasteiger partial charge < -0.3 is 0 Å². The Morgan fingerprint density at radius 1 is 0.500 bits per heavy atom. The minimum absolute atomic E-state index is 0.0473. The van der Waals surface area contributed by atoms with Crippen LogP contribution < -0.4 is 16.4 Å². The molecule has 4 aromatic carbocycles.